The SMILES string of the molecule is C#CCN(CCC)C(=O)C(C#N)CCC. The molecule has 0 fully saturated rings. The van der Waals surface area contributed by atoms with Crippen LogP contribution in [0.2, 0.25) is 0 Å². The van der Waals surface area contributed by atoms with Crippen molar-refractivity contribution in [3.05, 3.63) is 0 Å². The highest BCUT2D eigenvalue weighted by Gasteiger charge is 2.21. The predicted octanol–water partition coefficient (Wildman–Crippen LogP) is 1.80. The topological polar surface area (TPSA) is 44.1 Å². The number of amides is 1. The van der Waals surface area contributed by atoms with Crippen LogP contribution in [0.3, 0.4) is 0 Å². The molecule has 0 spiro atoms. The summed E-state index contributed by atoms with van der Waals surface area (Å²) >= 11 is 0. The van der Waals surface area contributed by atoms with Gasteiger partial charge in [-0.2, -0.15) is 5.26 Å². The van der Waals surface area contributed by atoms with E-state index < -0.39 is 5.92 Å². The minimum atomic E-state index is -0.533. The Morgan fingerprint density at radius 3 is 2.53 bits per heavy atom. The summed E-state index contributed by atoms with van der Waals surface area (Å²) in [4.78, 5) is 13.4. The summed E-state index contributed by atoms with van der Waals surface area (Å²) in [6.45, 7) is 4.88. The molecule has 1 amide bonds. The maximum atomic E-state index is 11.9. The number of nitrogens with zero attached hydrogens (tertiary/aromatic N) is 2. The molecule has 0 aliphatic carbocycles. The first-order valence-electron chi connectivity index (χ1n) is 5.33. The van der Waals surface area contributed by atoms with E-state index in [0.29, 0.717) is 19.5 Å². The van der Waals surface area contributed by atoms with Crippen LogP contribution in [0.1, 0.15) is 33.1 Å². The molecule has 3 nitrogen and oxygen atoms in total. The quantitative estimate of drug-likeness (QED) is 0.622. The average molecular weight is 206 g/mol. The summed E-state index contributed by atoms with van der Waals surface area (Å²) in [7, 11) is 0. The zero-order valence-corrected chi connectivity index (χ0v) is 9.49. The van der Waals surface area contributed by atoms with Crippen LogP contribution in [0.15, 0.2) is 0 Å². The fraction of sp³-hybridized carbons (Fsp3) is 0.667. The van der Waals surface area contributed by atoms with Crippen molar-refractivity contribution in [1.82, 2.24) is 4.90 Å². The van der Waals surface area contributed by atoms with E-state index in [-0.39, 0.29) is 5.91 Å². The Hall–Kier alpha value is -1.48. The molecule has 82 valence electrons. The zero-order chi connectivity index (χ0) is 11.7. The smallest absolute Gasteiger partial charge is 0.240 e. The van der Waals surface area contributed by atoms with Crippen LogP contribution in [0.4, 0.5) is 0 Å². The lowest BCUT2D eigenvalue weighted by Crippen LogP contribution is -2.36. The second-order valence-electron chi connectivity index (χ2n) is 3.43. The summed E-state index contributed by atoms with van der Waals surface area (Å²) in [6.07, 6.45) is 7.49. The molecular formula is C12H18N2O. The molecule has 0 bridgehead atoms. The minimum Gasteiger partial charge on any atom is -0.330 e. The van der Waals surface area contributed by atoms with Crippen molar-refractivity contribution in [2.45, 2.75) is 33.1 Å². The van der Waals surface area contributed by atoms with Gasteiger partial charge in [0.25, 0.3) is 0 Å². The molecule has 0 rings (SSSR count). The van der Waals surface area contributed by atoms with E-state index in [0.717, 1.165) is 12.8 Å². The van der Waals surface area contributed by atoms with E-state index in [1.165, 1.54) is 0 Å². The molecule has 0 N–H and O–H groups in total. The molecule has 1 atom stereocenters. The number of terminal acetylenes is 1. The van der Waals surface area contributed by atoms with Crippen molar-refractivity contribution in [2.24, 2.45) is 5.92 Å². The number of carbonyl (C=O) groups excluding carboxylic acids is 1. The van der Waals surface area contributed by atoms with Gasteiger partial charge in [0.05, 0.1) is 12.6 Å². The number of nitriles is 1. The van der Waals surface area contributed by atoms with Crippen LogP contribution in [0, 0.1) is 29.6 Å². The first kappa shape index (κ1) is 13.5. The first-order valence-corrected chi connectivity index (χ1v) is 5.33. The zero-order valence-electron chi connectivity index (χ0n) is 9.49. The maximum absolute atomic E-state index is 11.9. The third-order valence-electron chi connectivity index (χ3n) is 2.12. The molecule has 0 radical (unpaired) electrons. The van der Waals surface area contributed by atoms with E-state index in [2.05, 4.69) is 5.92 Å². The van der Waals surface area contributed by atoms with Crippen LogP contribution in [-0.4, -0.2) is 23.9 Å². The number of hydrogen-bond donors (Lipinski definition) is 0. The van der Waals surface area contributed by atoms with Crippen LogP contribution < -0.4 is 0 Å². The summed E-state index contributed by atoms with van der Waals surface area (Å²) < 4.78 is 0. The lowest BCUT2D eigenvalue weighted by molar-refractivity contribution is -0.133. The van der Waals surface area contributed by atoms with E-state index in [1.54, 1.807) is 4.90 Å². The van der Waals surface area contributed by atoms with Gasteiger partial charge in [-0.15, -0.1) is 6.42 Å². The predicted molar refractivity (Wildman–Crippen MR) is 59.7 cm³/mol. The average Bonchev–Trinajstić information content (AvgIpc) is 2.24. The van der Waals surface area contributed by atoms with Crippen molar-refractivity contribution in [3.63, 3.8) is 0 Å². The van der Waals surface area contributed by atoms with E-state index >= 15 is 0 Å². The van der Waals surface area contributed by atoms with E-state index in [1.807, 2.05) is 19.9 Å². The Labute approximate surface area is 92.1 Å². The fourth-order valence-electron chi connectivity index (χ4n) is 1.40. The van der Waals surface area contributed by atoms with E-state index in [4.69, 9.17) is 11.7 Å². The van der Waals surface area contributed by atoms with Gasteiger partial charge in [-0.1, -0.05) is 26.2 Å². The minimum absolute atomic E-state index is 0.126. The normalized spacial score (nSPS) is 11.2. The lowest BCUT2D eigenvalue weighted by Gasteiger charge is -2.21. The monoisotopic (exact) mass is 206 g/mol. The third-order valence-corrected chi connectivity index (χ3v) is 2.12. The van der Waals surface area contributed by atoms with Crippen LogP contribution >= 0.6 is 0 Å². The van der Waals surface area contributed by atoms with Crippen molar-refractivity contribution in [3.8, 4) is 18.4 Å². The van der Waals surface area contributed by atoms with Gasteiger partial charge >= 0.3 is 0 Å². The lowest BCUT2D eigenvalue weighted by atomic mass is 10.0. The molecule has 0 aliphatic heterocycles. The molecule has 0 saturated heterocycles. The molecule has 0 saturated carbocycles. The van der Waals surface area contributed by atoms with Gasteiger partial charge in [0, 0.05) is 6.54 Å². The Balaban J connectivity index is 4.47. The Bertz CT molecular complexity index is 272. The summed E-state index contributed by atoms with van der Waals surface area (Å²) in [5, 5.41) is 8.86. The summed E-state index contributed by atoms with van der Waals surface area (Å²) in [5.74, 6) is 1.79. The summed E-state index contributed by atoms with van der Waals surface area (Å²) in [6, 6.07) is 2.04. The Morgan fingerprint density at radius 1 is 1.47 bits per heavy atom. The highest BCUT2D eigenvalue weighted by molar-refractivity contribution is 5.81. The molecule has 15 heavy (non-hydrogen) atoms. The van der Waals surface area contributed by atoms with Gasteiger partial charge in [-0.25, -0.2) is 0 Å². The second-order valence-corrected chi connectivity index (χ2v) is 3.43. The number of hydrogen-bond acceptors (Lipinski definition) is 2. The molecule has 0 aromatic rings. The van der Waals surface area contributed by atoms with Gasteiger partial charge in [0.1, 0.15) is 5.92 Å². The van der Waals surface area contributed by atoms with Gasteiger partial charge in [-0.3, -0.25) is 4.79 Å². The van der Waals surface area contributed by atoms with Gasteiger partial charge < -0.3 is 4.90 Å². The van der Waals surface area contributed by atoms with Crippen molar-refractivity contribution in [1.29, 1.82) is 5.26 Å². The van der Waals surface area contributed by atoms with E-state index in [9.17, 15) is 4.79 Å². The molecule has 0 aromatic heterocycles. The number of rotatable bonds is 6. The van der Waals surface area contributed by atoms with Gasteiger partial charge in [0.2, 0.25) is 5.91 Å². The molecule has 3 heteroatoms. The molecule has 1 unspecified atom stereocenters. The van der Waals surface area contributed by atoms with Crippen molar-refractivity contribution >= 4 is 5.91 Å². The molecule has 0 aliphatic rings. The Kier molecular flexibility index (Phi) is 7.10. The van der Waals surface area contributed by atoms with Gasteiger partial charge in [-0.05, 0) is 12.8 Å². The van der Waals surface area contributed by atoms with Gasteiger partial charge in [0.15, 0.2) is 0 Å². The van der Waals surface area contributed by atoms with Crippen molar-refractivity contribution < 1.29 is 4.79 Å². The standard InChI is InChI=1S/C12H18N2O/c1-4-7-11(10-13)12(15)14(8-5-2)9-6-3/h2,11H,4,6-9H2,1,3H3. The van der Waals surface area contributed by atoms with Crippen molar-refractivity contribution in [2.75, 3.05) is 13.1 Å². The fourth-order valence-corrected chi connectivity index (χ4v) is 1.40. The molecule has 0 aromatic carbocycles. The largest absolute Gasteiger partial charge is 0.330 e. The van der Waals surface area contributed by atoms with Crippen LogP contribution in [-0.2, 0) is 4.79 Å². The first-order chi connectivity index (χ1) is 7.21. The highest BCUT2D eigenvalue weighted by atomic mass is 16.2. The Morgan fingerprint density at radius 2 is 2.13 bits per heavy atom. The molecular weight excluding hydrogens is 188 g/mol. The summed E-state index contributed by atoms with van der Waals surface area (Å²) in [5.41, 5.74) is 0. The second kappa shape index (κ2) is 7.88. The van der Waals surface area contributed by atoms with Crippen LogP contribution in [0.25, 0.3) is 0 Å². The molecule has 0 heterocycles. The highest BCUT2D eigenvalue weighted by Crippen LogP contribution is 2.09. The van der Waals surface area contributed by atoms with Crippen LogP contribution in [0.5, 0.6) is 0 Å². The number of carbonyl (C=O) groups is 1. The maximum Gasteiger partial charge on any atom is 0.240 e. The third kappa shape index (κ3) is 4.51.